The lowest BCUT2D eigenvalue weighted by atomic mass is 10.2. The van der Waals surface area contributed by atoms with Crippen LogP contribution in [0.4, 0.5) is 0 Å². The van der Waals surface area contributed by atoms with Crippen molar-refractivity contribution in [2.45, 2.75) is 0 Å². The van der Waals surface area contributed by atoms with Gasteiger partial charge in [-0.1, -0.05) is 35.6 Å². The van der Waals surface area contributed by atoms with Crippen LogP contribution in [0.5, 0.6) is 0 Å². The van der Waals surface area contributed by atoms with Crippen molar-refractivity contribution in [2.24, 2.45) is 0 Å². The number of benzene rings is 1. The molecule has 0 aromatic heterocycles. The maximum Gasteiger partial charge on any atom is 0.251 e. The third-order valence-corrected chi connectivity index (χ3v) is 4.25. The minimum absolute atomic E-state index is 0.00394. The summed E-state index contributed by atoms with van der Waals surface area (Å²) in [6.07, 6.45) is 0. The number of nitrogens with zero attached hydrogens (tertiary/aromatic N) is 1. The number of halogens is 1. The number of carbonyl (C=O) groups excluding carboxylic acids is 2. The van der Waals surface area contributed by atoms with Crippen LogP contribution < -0.4 is 5.32 Å². The molecule has 1 aromatic rings. The molecule has 0 aliphatic carbocycles. The zero-order valence-electron chi connectivity index (χ0n) is 9.89. The summed E-state index contributed by atoms with van der Waals surface area (Å²) >= 11 is 12.1. The largest absolute Gasteiger partial charge is 0.350 e. The van der Waals surface area contributed by atoms with Crippen molar-refractivity contribution >= 4 is 51.7 Å². The average molecular weight is 315 g/mol. The molecule has 1 aliphatic rings. The Kier molecular flexibility index (Phi) is 4.79. The molecule has 1 N–H and O–H groups in total. The molecule has 0 radical (unpaired) electrons. The van der Waals surface area contributed by atoms with Crippen molar-refractivity contribution < 1.29 is 9.59 Å². The van der Waals surface area contributed by atoms with Gasteiger partial charge in [0.25, 0.3) is 5.91 Å². The van der Waals surface area contributed by atoms with Crippen molar-refractivity contribution in [2.75, 3.05) is 18.8 Å². The lowest BCUT2D eigenvalue weighted by Crippen LogP contribution is -2.37. The van der Waals surface area contributed by atoms with E-state index in [1.165, 1.54) is 16.7 Å². The van der Waals surface area contributed by atoms with Crippen LogP contribution >= 0.6 is 35.6 Å². The fourth-order valence-electron chi connectivity index (χ4n) is 1.58. The van der Waals surface area contributed by atoms with E-state index >= 15 is 0 Å². The number of thioether (sulfide) groups is 1. The monoisotopic (exact) mass is 314 g/mol. The number of hydrogen-bond acceptors (Lipinski definition) is 4. The smallest absolute Gasteiger partial charge is 0.251 e. The van der Waals surface area contributed by atoms with E-state index in [1.54, 1.807) is 24.3 Å². The van der Waals surface area contributed by atoms with Crippen molar-refractivity contribution in [3.05, 3.63) is 34.9 Å². The number of nitrogens with one attached hydrogen (secondary N) is 1. The van der Waals surface area contributed by atoms with E-state index in [4.69, 9.17) is 23.8 Å². The Morgan fingerprint density at radius 3 is 2.68 bits per heavy atom. The fourth-order valence-corrected chi connectivity index (χ4v) is 2.83. The van der Waals surface area contributed by atoms with Gasteiger partial charge in [-0.3, -0.25) is 14.5 Å². The Labute approximate surface area is 125 Å². The molecule has 1 saturated heterocycles. The standard InChI is InChI=1S/C12H11ClN2O2S2/c13-9-3-1-8(2-4-9)11(17)14-5-6-15-10(16)7-19-12(15)18/h1-4H,5-7H2,(H,14,17). The van der Waals surface area contributed by atoms with Gasteiger partial charge in [0, 0.05) is 23.7 Å². The third kappa shape index (κ3) is 3.68. The lowest BCUT2D eigenvalue weighted by Gasteiger charge is -2.15. The first-order valence-corrected chi connectivity index (χ1v) is 7.36. The van der Waals surface area contributed by atoms with Crippen LogP contribution in [0.25, 0.3) is 0 Å². The van der Waals surface area contributed by atoms with Crippen LogP contribution in [0.2, 0.25) is 5.02 Å². The number of amides is 2. The molecule has 1 aromatic carbocycles. The van der Waals surface area contributed by atoms with E-state index in [-0.39, 0.29) is 11.8 Å². The molecule has 2 amide bonds. The van der Waals surface area contributed by atoms with Crippen LogP contribution in [0.15, 0.2) is 24.3 Å². The van der Waals surface area contributed by atoms with E-state index in [2.05, 4.69) is 5.32 Å². The normalized spacial score (nSPS) is 14.9. The highest BCUT2D eigenvalue weighted by Gasteiger charge is 2.25. The first-order chi connectivity index (χ1) is 9.08. The predicted octanol–water partition coefficient (Wildman–Crippen LogP) is 1.93. The molecule has 1 heterocycles. The van der Waals surface area contributed by atoms with Crippen molar-refractivity contribution in [1.29, 1.82) is 0 Å². The molecular weight excluding hydrogens is 304 g/mol. The zero-order valence-corrected chi connectivity index (χ0v) is 12.3. The van der Waals surface area contributed by atoms with Crippen LogP contribution in [0, 0.1) is 0 Å². The lowest BCUT2D eigenvalue weighted by molar-refractivity contribution is -0.123. The van der Waals surface area contributed by atoms with Gasteiger partial charge in [-0.15, -0.1) is 0 Å². The van der Waals surface area contributed by atoms with E-state index in [0.29, 0.717) is 33.7 Å². The van der Waals surface area contributed by atoms with Crippen LogP contribution in [-0.4, -0.2) is 39.9 Å². The van der Waals surface area contributed by atoms with E-state index < -0.39 is 0 Å². The summed E-state index contributed by atoms with van der Waals surface area (Å²) in [6.45, 7) is 0.776. The van der Waals surface area contributed by atoms with Crippen molar-refractivity contribution in [1.82, 2.24) is 10.2 Å². The summed E-state index contributed by atoms with van der Waals surface area (Å²) in [7, 11) is 0. The van der Waals surface area contributed by atoms with E-state index in [9.17, 15) is 9.59 Å². The second-order valence-electron chi connectivity index (χ2n) is 3.86. The molecule has 1 aliphatic heterocycles. The SMILES string of the molecule is O=C(NCCN1C(=O)CSC1=S)c1ccc(Cl)cc1. The van der Waals surface area contributed by atoms with E-state index in [0.717, 1.165) is 0 Å². The van der Waals surface area contributed by atoms with Gasteiger partial charge in [-0.25, -0.2) is 0 Å². The Balaban J connectivity index is 1.82. The van der Waals surface area contributed by atoms with Crippen molar-refractivity contribution in [3.63, 3.8) is 0 Å². The topological polar surface area (TPSA) is 49.4 Å². The van der Waals surface area contributed by atoms with Crippen LogP contribution in [0.1, 0.15) is 10.4 Å². The third-order valence-electron chi connectivity index (χ3n) is 2.57. The maximum absolute atomic E-state index is 11.8. The van der Waals surface area contributed by atoms with Gasteiger partial charge < -0.3 is 5.32 Å². The molecule has 0 atom stereocenters. The minimum Gasteiger partial charge on any atom is -0.350 e. The van der Waals surface area contributed by atoms with Gasteiger partial charge >= 0.3 is 0 Å². The highest BCUT2D eigenvalue weighted by molar-refractivity contribution is 8.23. The Morgan fingerprint density at radius 2 is 2.11 bits per heavy atom. The second-order valence-corrected chi connectivity index (χ2v) is 5.91. The van der Waals surface area contributed by atoms with Gasteiger partial charge in [-0.05, 0) is 24.3 Å². The Bertz CT molecular complexity index is 503. The molecule has 4 nitrogen and oxygen atoms in total. The first kappa shape index (κ1) is 14.3. The molecular formula is C12H11ClN2O2S2. The molecule has 7 heteroatoms. The molecule has 19 heavy (non-hydrogen) atoms. The summed E-state index contributed by atoms with van der Waals surface area (Å²) in [5.41, 5.74) is 0.536. The van der Waals surface area contributed by atoms with Gasteiger partial charge in [-0.2, -0.15) is 0 Å². The molecule has 0 unspecified atom stereocenters. The molecule has 0 bridgehead atoms. The van der Waals surface area contributed by atoms with Crippen LogP contribution in [0.3, 0.4) is 0 Å². The summed E-state index contributed by atoms with van der Waals surface area (Å²) in [5.74, 6) is 0.196. The zero-order chi connectivity index (χ0) is 13.8. The summed E-state index contributed by atoms with van der Waals surface area (Å²) in [5, 5.41) is 3.33. The minimum atomic E-state index is -0.193. The number of thiocarbonyl (C=S) groups is 1. The highest BCUT2D eigenvalue weighted by atomic mass is 35.5. The maximum atomic E-state index is 11.8. The van der Waals surface area contributed by atoms with Gasteiger partial charge in [0.15, 0.2) is 0 Å². The van der Waals surface area contributed by atoms with Gasteiger partial charge in [0.2, 0.25) is 5.91 Å². The predicted molar refractivity (Wildman–Crippen MR) is 80.6 cm³/mol. The quantitative estimate of drug-likeness (QED) is 0.863. The fraction of sp³-hybridized carbons (Fsp3) is 0.250. The molecule has 0 spiro atoms. The molecule has 1 fully saturated rings. The highest BCUT2D eigenvalue weighted by Crippen LogP contribution is 2.18. The number of hydrogen-bond donors (Lipinski definition) is 1. The summed E-state index contributed by atoms with van der Waals surface area (Å²) in [6, 6.07) is 6.62. The average Bonchev–Trinajstić information content (AvgIpc) is 2.71. The molecule has 100 valence electrons. The molecule has 0 saturated carbocycles. The summed E-state index contributed by atoms with van der Waals surface area (Å²) < 4.78 is 0.575. The Morgan fingerprint density at radius 1 is 1.42 bits per heavy atom. The number of rotatable bonds is 4. The number of carbonyl (C=O) groups is 2. The van der Waals surface area contributed by atoms with Crippen LogP contribution in [-0.2, 0) is 4.79 Å². The van der Waals surface area contributed by atoms with Gasteiger partial charge in [0.1, 0.15) is 4.32 Å². The Hall–Kier alpha value is -1.11. The first-order valence-electron chi connectivity index (χ1n) is 5.59. The van der Waals surface area contributed by atoms with Gasteiger partial charge in [0.05, 0.1) is 5.75 Å². The van der Waals surface area contributed by atoms with Crippen molar-refractivity contribution in [3.8, 4) is 0 Å². The summed E-state index contributed by atoms with van der Waals surface area (Å²) in [4.78, 5) is 24.8. The second kappa shape index (κ2) is 6.36. The molecule has 2 rings (SSSR count). The van der Waals surface area contributed by atoms with E-state index in [1.807, 2.05) is 0 Å².